The Hall–Kier alpha value is -3.27. The second-order valence-corrected chi connectivity index (χ2v) is 5.34. The number of rotatable bonds is 5. The average molecular weight is 346 g/mol. The van der Waals surface area contributed by atoms with Gasteiger partial charge in [-0.1, -0.05) is 11.3 Å². The first-order chi connectivity index (χ1) is 11.6. The zero-order chi connectivity index (χ0) is 17.1. The minimum absolute atomic E-state index is 0.00492. The Morgan fingerprint density at radius 1 is 1.38 bits per heavy atom. The van der Waals surface area contributed by atoms with E-state index in [0.29, 0.717) is 10.9 Å². The number of carbonyl (C=O) groups is 1. The number of hydrogen-bond acceptors (Lipinski definition) is 8. The highest BCUT2D eigenvalue weighted by molar-refractivity contribution is 7.13. The molecule has 9 nitrogen and oxygen atoms in total. The summed E-state index contributed by atoms with van der Waals surface area (Å²) in [6, 6.07) is 7.29. The molecule has 1 N–H and O–H groups in total. The van der Waals surface area contributed by atoms with Crippen LogP contribution in [0.3, 0.4) is 0 Å². The second-order valence-electron chi connectivity index (χ2n) is 4.50. The van der Waals surface area contributed by atoms with Crippen molar-refractivity contribution in [1.82, 2.24) is 10.2 Å². The van der Waals surface area contributed by atoms with Crippen molar-refractivity contribution in [2.75, 3.05) is 12.4 Å². The van der Waals surface area contributed by atoms with E-state index in [1.807, 2.05) is 0 Å². The van der Waals surface area contributed by atoms with E-state index in [-0.39, 0.29) is 22.8 Å². The van der Waals surface area contributed by atoms with Crippen LogP contribution in [0.1, 0.15) is 10.6 Å². The summed E-state index contributed by atoms with van der Waals surface area (Å²) >= 11 is 1.16. The van der Waals surface area contributed by atoms with Crippen molar-refractivity contribution in [2.45, 2.75) is 0 Å². The largest absolute Gasteiger partial charge is 0.497 e. The Morgan fingerprint density at radius 2 is 2.21 bits per heavy atom. The van der Waals surface area contributed by atoms with Gasteiger partial charge in [0.25, 0.3) is 11.6 Å². The lowest BCUT2D eigenvalue weighted by Gasteiger charge is -2.03. The number of aromatic nitrogens is 2. The maximum Gasteiger partial charge on any atom is 0.293 e. The first-order valence-corrected chi connectivity index (χ1v) is 7.46. The predicted molar refractivity (Wildman–Crippen MR) is 85.2 cm³/mol. The van der Waals surface area contributed by atoms with Gasteiger partial charge in [0.1, 0.15) is 17.0 Å². The highest BCUT2D eigenvalue weighted by Gasteiger charge is 2.21. The molecular formula is C14H10N4O5S. The van der Waals surface area contributed by atoms with Gasteiger partial charge in [0.15, 0.2) is 5.76 Å². The van der Waals surface area contributed by atoms with Crippen LogP contribution in [-0.2, 0) is 0 Å². The number of methoxy groups -OCH3 is 1. The molecule has 3 aromatic rings. The number of furan rings is 1. The molecule has 0 unspecified atom stereocenters. The van der Waals surface area contributed by atoms with Crippen molar-refractivity contribution in [3.05, 3.63) is 51.7 Å². The molecule has 0 radical (unpaired) electrons. The van der Waals surface area contributed by atoms with Gasteiger partial charge in [0.2, 0.25) is 5.13 Å². The number of nitro benzene ring substituents is 1. The summed E-state index contributed by atoms with van der Waals surface area (Å²) in [6.45, 7) is 0. The standard InChI is InChI=1S/C14H10N4O5S/c1-22-8-2-3-9(10(6-8)18(20)21)11-4-5-12(23-11)13(19)16-14-17-15-7-24-14/h2-7H,1H3,(H,16,17,19). The van der Waals surface area contributed by atoms with Gasteiger partial charge in [-0.05, 0) is 24.3 Å². The van der Waals surface area contributed by atoms with Gasteiger partial charge >= 0.3 is 0 Å². The molecule has 0 saturated heterocycles. The SMILES string of the molecule is COc1ccc(-c2ccc(C(=O)Nc3nncs3)o2)c([N+](=O)[O-])c1. The molecule has 0 aliphatic rings. The Morgan fingerprint density at radius 3 is 2.88 bits per heavy atom. The van der Waals surface area contributed by atoms with Gasteiger partial charge in [0.05, 0.1) is 23.7 Å². The third-order valence-corrected chi connectivity index (χ3v) is 3.68. The van der Waals surface area contributed by atoms with Crippen molar-refractivity contribution >= 4 is 28.1 Å². The molecule has 10 heteroatoms. The summed E-state index contributed by atoms with van der Waals surface area (Å²) in [5, 5.41) is 21.4. The molecule has 24 heavy (non-hydrogen) atoms. The number of benzene rings is 1. The number of ether oxygens (including phenoxy) is 1. The van der Waals surface area contributed by atoms with E-state index in [9.17, 15) is 14.9 Å². The average Bonchev–Trinajstić information content (AvgIpc) is 3.25. The molecule has 1 amide bonds. The van der Waals surface area contributed by atoms with Crippen LogP contribution in [-0.4, -0.2) is 28.1 Å². The first kappa shape index (κ1) is 15.6. The Bertz CT molecular complexity index is 890. The number of amides is 1. The predicted octanol–water partition coefficient (Wildman–Crippen LogP) is 2.97. The lowest BCUT2D eigenvalue weighted by molar-refractivity contribution is -0.384. The molecule has 0 aliphatic heterocycles. The number of nitrogens with zero attached hydrogens (tertiary/aromatic N) is 3. The zero-order valence-electron chi connectivity index (χ0n) is 12.3. The lowest BCUT2D eigenvalue weighted by atomic mass is 10.1. The minimum atomic E-state index is -0.540. The van der Waals surface area contributed by atoms with Crippen LogP contribution >= 0.6 is 11.3 Å². The monoisotopic (exact) mass is 346 g/mol. The molecule has 0 saturated carbocycles. The molecule has 0 spiro atoms. The maximum absolute atomic E-state index is 12.1. The topological polar surface area (TPSA) is 120 Å². The fourth-order valence-corrected chi connectivity index (χ4v) is 2.43. The molecule has 2 aromatic heterocycles. The Kier molecular flexibility index (Phi) is 4.20. The summed E-state index contributed by atoms with van der Waals surface area (Å²) < 4.78 is 10.4. The van der Waals surface area contributed by atoms with Gasteiger partial charge in [-0.2, -0.15) is 0 Å². The molecule has 1 aromatic carbocycles. The van der Waals surface area contributed by atoms with E-state index in [1.54, 1.807) is 6.07 Å². The number of nitro groups is 1. The molecule has 0 bridgehead atoms. The highest BCUT2D eigenvalue weighted by atomic mass is 32.1. The minimum Gasteiger partial charge on any atom is -0.497 e. The number of anilines is 1. The van der Waals surface area contributed by atoms with E-state index in [1.165, 1.54) is 36.9 Å². The number of carbonyl (C=O) groups excluding carboxylic acids is 1. The van der Waals surface area contributed by atoms with Crippen molar-refractivity contribution in [3.63, 3.8) is 0 Å². The Balaban J connectivity index is 1.90. The van der Waals surface area contributed by atoms with Crippen molar-refractivity contribution in [1.29, 1.82) is 0 Å². The molecule has 0 fully saturated rings. The molecule has 0 atom stereocenters. The fourth-order valence-electron chi connectivity index (χ4n) is 1.99. The second kappa shape index (κ2) is 6.46. The van der Waals surface area contributed by atoms with E-state index < -0.39 is 10.8 Å². The van der Waals surface area contributed by atoms with E-state index in [0.717, 1.165) is 11.3 Å². The van der Waals surface area contributed by atoms with Gasteiger partial charge in [0, 0.05) is 0 Å². The van der Waals surface area contributed by atoms with Gasteiger partial charge < -0.3 is 9.15 Å². The molecule has 0 aliphatic carbocycles. The Labute approximate surface area is 139 Å². The normalized spacial score (nSPS) is 10.4. The molecule has 122 valence electrons. The van der Waals surface area contributed by atoms with Crippen LogP contribution in [0.25, 0.3) is 11.3 Å². The van der Waals surface area contributed by atoms with Gasteiger partial charge in [-0.25, -0.2) is 0 Å². The van der Waals surface area contributed by atoms with E-state index in [2.05, 4.69) is 15.5 Å². The molecule has 3 rings (SSSR count). The third-order valence-electron chi connectivity index (χ3n) is 3.08. The smallest absolute Gasteiger partial charge is 0.293 e. The maximum atomic E-state index is 12.1. The summed E-state index contributed by atoms with van der Waals surface area (Å²) in [7, 11) is 1.42. The number of hydrogen-bond donors (Lipinski definition) is 1. The van der Waals surface area contributed by atoms with Crippen LogP contribution < -0.4 is 10.1 Å². The third kappa shape index (κ3) is 3.08. The fraction of sp³-hybridized carbons (Fsp3) is 0.0714. The summed E-state index contributed by atoms with van der Waals surface area (Å²) in [5.41, 5.74) is 1.54. The van der Waals surface area contributed by atoms with Gasteiger partial charge in [-0.3, -0.25) is 20.2 Å². The van der Waals surface area contributed by atoms with Crippen molar-refractivity contribution in [2.24, 2.45) is 0 Å². The van der Waals surface area contributed by atoms with Crippen LogP contribution in [0.4, 0.5) is 10.8 Å². The summed E-state index contributed by atoms with van der Waals surface area (Å²) in [6.07, 6.45) is 0. The van der Waals surface area contributed by atoms with Gasteiger partial charge in [-0.15, -0.1) is 10.2 Å². The van der Waals surface area contributed by atoms with E-state index >= 15 is 0 Å². The molecule has 2 heterocycles. The number of nitrogens with one attached hydrogen (secondary N) is 1. The van der Waals surface area contributed by atoms with Crippen LogP contribution in [0, 0.1) is 10.1 Å². The first-order valence-electron chi connectivity index (χ1n) is 6.58. The highest BCUT2D eigenvalue weighted by Crippen LogP contribution is 2.34. The lowest BCUT2D eigenvalue weighted by Crippen LogP contribution is -2.10. The summed E-state index contributed by atoms with van der Waals surface area (Å²) in [4.78, 5) is 22.7. The van der Waals surface area contributed by atoms with Crippen LogP contribution in [0.15, 0.2) is 40.3 Å². The van der Waals surface area contributed by atoms with Crippen LogP contribution in [0.2, 0.25) is 0 Å². The van der Waals surface area contributed by atoms with Crippen molar-refractivity contribution < 1.29 is 18.9 Å². The van der Waals surface area contributed by atoms with Crippen LogP contribution in [0.5, 0.6) is 5.75 Å². The van der Waals surface area contributed by atoms with Crippen molar-refractivity contribution in [3.8, 4) is 17.1 Å². The quantitative estimate of drug-likeness (QED) is 0.557. The summed E-state index contributed by atoms with van der Waals surface area (Å²) in [5.74, 6) is 0.0393. The van der Waals surface area contributed by atoms with E-state index in [4.69, 9.17) is 9.15 Å². The zero-order valence-corrected chi connectivity index (χ0v) is 13.1. The molecular weight excluding hydrogens is 336 g/mol.